The lowest BCUT2D eigenvalue weighted by Crippen LogP contribution is -2.38. The van der Waals surface area contributed by atoms with Crippen molar-refractivity contribution in [1.29, 1.82) is 0 Å². The molecule has 2 nitrogen and oxygen atoms in total. The van der Waals surface area contributed by atoms with Gasteiger partial charge in [0, 0.05) is 13.1 Å². The molecule has 0 amide bonds. The summed E-state index contributed by atoms with van der Waals surface area (Å²) in [7, 11) is 0. The third-order valence-electron chi connectivity index (χ3n) is 2.81. The fourth-order valence-electron chi connectivity index (χ4n) is 1.89. The first-order chi connectivity index (χ1) is 8.05. The summed E-state index contributed by atoms with van der Waals surface area (Å²) in [6.07, 6.45) is 1.81. The summed E-state index contributed by atoms with van der Waals surface area (Å²) < 4.78 is 0. The average Bonchev–Trinajstić information content (AvgIpc) is 2.29. The quantitative estimate of drug-likeness (QED) is 0.759. The summed E-state index contributed by atoms with van der Waals surface area (Å²) in [5.41, 5.74) is 1.58. The number of hydrogen-bond donors (Lipinski definition) is 2. The molecule has 0 aromatic heterocycles. The van der Waals surface area contributed by atoms with Gasteiger partial charge in [0.25, 0.3) is 0 Å². The van der Waals surface area contributed by atoms with Crippen LogP contribution in [-0.4, -0.2) is 23.8 Å². The maximum atomic E-state index is 10.0. The van der Waals surface area contributed by atoms with Crippen molar-refractivity contribution in [3.05, 3.63) is 42.5 Å². The van der Waals surface area contributed by atoms with Crippen molar-refractivity contribution in [2.24, 2.45) is 0 Å². The van der Waals surface area contributed by atoms with Crippen molar-refractivity contribution in [1.82, 2.24) is 5.32 Å². The van der Waals surface area contributed by atoms with E-state index in [0.717, 1.165) is 24.0 Å². The fraction of sp³-hybridized carbons (Fsp3) is 0.467. The van der Waals surface area contributed by atoms with Gasteiger partial charge in [-0.2, -0.15) is 0 Å². The van der Waals surface area contributed by atoms with Crippen LogP contribution in [0.1, 0.15) is 32.3 Å². The van der Waals surface area contributed by atoms with Crippen LogP contribution >= 0.6 is 0 Å². The molecule has 0 aliphatic rings. The van der Waals surface area contributed by atoms with E-state index in [9.17, 15) is 5.11 Å². The maximum absolute atomic E-state index is 10.0. The van der Waals surface area contributed by atoms with Crippen molar-refractivity contribution in [2.75, 3.05) is 13.1 Å². The first-order valence-electron chi connectivity index (χ1n) is 6.21. The highest BCUT2D eigenvalue weighted by Gasteiger charge is 2.17. The third-order valence-corrected chi connectivity index (χ3v) is 2.81. The van der Waals surface area contributed by atoms with Crippen LogP contribution in [0.25, 0.3) is 5.57 Å². The number of rotatable bonds is 7. The van der Waals surface area contributed by atoms with Gasteiger partial charge in [0.05, 0.1) is 5.60 Å². The Morgan fingerprint density at radius 2 is 2.00 bits per heavy atom. The Hall–Kier alpha value is -1.12. The standard InChI is InChI=1S/C15H23NO/c1-4-10-15(3,17)12-16-11-13(2)14-8-6-5-7-9-14/h5-9,16-17H,2,4,10-12H2,1,3H3. The smallest absolute Gasteiger partial charge is 0.0743 e. The molecule has 2 heteroatoms. The lowest BCUT2D eigenvalue weighted by molar-refractivity contribution is 0.0512. The van der Waals surface area contributed by atoms with Crippen LogP contribution in [0.15, 0.2) is 36.9 Å². The molecule has 1 aromatic rings. The molecule has 0 heterocycles. The number of hydrogen-bond acceptors (Lipinski definition) is 2. The van der Waals surface area contributed by atoms with E-state index in [4.69, 9.17) is 0 Å². The van der Waals surface area contributed by atoms with E-state index in [0.29, 0.717) is 13.1 Å². The summed E-state index contributed by atoms with van der Waals surface area (Å²) in [6.45, 7) is 9.31. The van der Waals surface area contributed by atoms with Gasteiger partial charge in [-0.15, -0.1) is 0 Å². The minimum absolute atomic E-state index is 0.604. The predicted octanol–water partition coefficient (Wildman–Crippen LogP) is 2.84. The van der Waals surface area contributed by atoms with Gasteiger partial charge in [0.2, 0.25) is 0 Å². The molecular weight excluding hydrogens is 210 g/mol. The fourth-order valence-corrected chi connectivity index (χ4v) is 1.89. The Morgan fingerprint density at radius 1 is 1.35 bits per heavy atom. The minimum Gasteiger partial charge on any atom is -0.389 e. The van der Waals surface area contributed by atoms with Gasteiger partial charge in [-0.05, 0) is 24.5 Å². The second kappa shape index (κ2) is 6.58. The molecule has 0 fully saturated rings. The first-order valence-corrected chi connectivity index (χ1v) is 6.21. The van der Waals surface area contributed by atoms with Crippen LogP contribution in [0.3, 0.4) is 0 Å². The van der Waals surface area contributed by atoms with Crippen LogP contribution < -0.4 is 5.32 Å². The van der Waals surface area contributed by atoms with E-state index in [1.807, 2.05) is 37.3 Å². The van der Waals surface area contributed by atoms with Gasteiger partial charge in [-0.1, -0.05) is 50.3 Å². The van der Waals surface area contributed by atoms with Crippen molar-refractivity contribution in [3.8, 4) is 0 Å². The number of nitrogens with one attached hydrogen (secondary N) is 1. The lowest BCUT2D eigenvalue weighted by atomic mass is 10.0. The summed E-state index contributed by atoms with van der Waals surface area (Å²) >= 11 is 0. The van der Waals surface area contributed by atoms with Gasteiger partial charge in [0.1, 0.15) is 0 Å². The zero-order valence-electron chi connectivity index (χ0n) is 10.9. The monoisotopic (exact) mass is 233 g/mol. The van der Waals surface area contributed by atoms with Crippen LogP contribution in [0.4, 0.5) is 0 Å². The molecule has 1 aromatic carbocycles. The van der Waals surface area contributed by atoms with Crippen LogP contribution in [0, 0.1) is 0 Å². The average molecular weight is 233 g/mol. The molecule has 94 valence electrons. The Kier molecular flexibility index (Phi) is 5.39. The number of aliphatic hydroxyl groups is 1. The Morgan fingerprint density at radius 3 is 2.59 bits per heavy atom. The summed E-state index contributed by atoms with van der Waals surface area (Å²) in [4.78, 5) is 0. The second-order valence-electron chi connectivity index (χ2n) is 4.82. The first kappa shape index (κ1) is 13.9. The third kappa shape index (κ3) is 5.16. The molecule has 1 atom stereocenters. The van der Waals surface area contributed by atoms with E-state index < -0.39 is 5.60 Å². The minimum atomic E-state index is -0.619. The van der Waals surface area contributed by atoms with Crippen molar-refractivity contribution in [3.63, 3.8) is 0 Å². The summed E-state index contributed by atoms with van der Waals surface area (Å²) in [6, 6.07) is 10.1. The molecule has 1 rings (SSSR count). The van der Waals surface area contributed by atoms with Gasteiger partial charge >= 0.3 is 0 Å². The molecule has 0 radical (unpaired) electrons. The van der Waals surface area contributed by atoms with E-state index in [1.165, 1.54) is 0 Å². The molecule has 0 saturated carbocycles. The maximum Gasteiger partial charge on any atom is 0.0743 e. The molecule has 0 aliphatic heterocycles. The van der Waals surface area contributed by atoms with Crippen molar-refractivity contribution < 1.29 is 5.11 Å². The van der Waals surface area contributed by atoms with Crippen LogP contribution in [0.5, 0.6) is 0 Å². The SMILES string of the molecule is C=C(CNCC(C)(O)CCC)c1ccccc1. The highest BCUT2D eigenvalue weighted by molar-refractivity contribution is 5.64. The van der Waals surface area contributed by atoms with Crippen LogP contribution in [-0.2, 0) is 0 Å². The van der Waals surface area contributed by atoms with Gasteiger partial charge in [-0.25, -0.2) is 0 Å². The van der Waals surface area contributed by atoms with E-state index >= 15 is 0 Å². The normalized spacial score (nSPS) is 14.3. The molecule has 0 saturated heterocycles. The topological polar surface area (TPSA) is 32.3 Å². The summed E-state index contributed by atoms with van der Waals surface area (Å²) in [5.74, 6) is 0. The Balaban J connectivity index is 2.35. The zero-order valence-corrected chi connectivity index (χ0v) is 10.9. The van der Waals surface area contributed by atoms with Gasteiger partial charge in [0.15, 0.2) is 0 Å². The van der Waals surface area contributed by atoms with Crippen LogP contribution in [0.2, 0.25) is 0 Å². The van der Waals surface area contributed by atoms with Gasteiger partial charge < -0.3 is 10.4 Å². The highest BCUT2D eigenvalue weighted by atomic mass is 16.3. The Bertz CT molecular complexity index is 343. The summed E-state index contributed by atoms with van der Waals surface area (Å²) in [5, 5.41) is 13.3. The molecule has 2 N–H and O–H groups in total. The molecule has 0 bridgehead atoms. The highest BCUT2D eigenvalue weighted by Crippen LogP contribution is 2.12. The second-order valence-corrected chi connectivity index (χ2v) is 4.82. The van der Waals surface area contributed by atoms with Crippen molar-refractivity contribution in [2.45, 2.75) is 32.3 Å². The van der Waals surface area contributed by atoms with E-state index in [1.54, 1.807) is 0 Å². The molecule has 0 spiro atoms. The van der Waals surface area contributed by atoms with Gasteiger partial charge in [-0.3, -0.25) is 0 Å². The molecule has 0 aliphatic carbocycles. The number of benzene rings is 1. The van der Waals surface area contributed by atoms with E-state index in [-0.39, 0.29) is 0 Å². The predicted molar refractivity (Wildman–Crippen MR) is 73.9 cm³/mol. The molecular formula is C15H23NO. The van der Waals surface area contributed by atoms with E-state index in [2.05, 4.69) is 18.8 Å². The largest absolute Gasteiger partial charge is 0.389 e. The Labute approximate surface area is 104 Å². The van der Waals surface area contributed by atoms with Crippen molar-refractivity contribution >= 4 is 5.57 Å². The lowest BCUT2D eigenvalue weighted by Gasteiger charge is -2.23. The zero-order chi connectivity index (χ0) is 12.7. The molecule has 17 heavy (non-hydrogen) atoms. The molecule has 1 unspecified atom stereocenters.